The van der Waals surface area contributed by atoms with E-state index in [4.69, 9.17) is 0 Å². The van der Waals surface area contributed by atoms with E-state index in [1.165, 1.54) is 30.3 Å². The van der Waals surface area contributed by atoms with E-state index in [0.29, 0.717) is 0 Å². The summed E-state index contributed by atoms with van der Waals surface area (Å²) in [5, 5.41) is 13.5. The van der Waals surface area contributed by atoms with Gasteiger partial charge in [0.05, 0.1) is 4.92 Å². The predicted octanol–water partition coefficient (Wildman–Crippen LogP) is 4.01. The van der Waals surface area contributed by atoms with Crippen LogP contribution in [-0.4, -0.2) is 10.8 Å². The molecule has 0 atom stereocenters. The number of carbonyl (C=O) groups is 1. The highest BCUT2D eigenvalue weighted by molar-refractivity contribution is 7.99. The quantitative estimate of drug-likeness (QED) is 0.684. The number of hydrogen-bond donors (Lipinski definition) is 1. The largest absolute Gasteiger partial charge is 0.321 e. The standard InChI is InChI=1S/C15H14N2O3S/c1-10-3-5-12(6-4-10)21-13-7-8-15(17(19)20)14(9-13)16-11(2)18/h3-9H,1-2H3,(H,16,18). The first-order chi connectivity index (χ1) is 9.95. The fourth-order valence-corrected chi connectivity index (χ4v) is 2.63. The first-order valence-corrected chi connectivity index (χ1v) is 7.08. The zero-order valence-electron chi connectivity index (χ0n) is 11.6. The number of amides is 1. The van der Waals surface area contributed by atoms with Crippen LogP contribution in [0.15, 0.2) is 52.3 Å². The summed E-state index contributed by atoms with van der Waals surface area (Å²) in [7, 11) is 0. The SMILES string of the molecule is CC(=O)Nc1cc(Sc2ccc(C)cc2)ccc1[N+](=O)[O-]. The summed E-state index contributed by atoms with van der Waals surface area (Å²) in [5.74, 6) is -0.337. The molecule has 0 aromatic heterocycles. The second-order valence-corrected chi connectivity index (χ2v) is 5.68. The highest BCUT2D eigenvalue weighted by Crippen LogP contribution is 2.33. The number of carbonyl (C=O) groups excluding carboxylic acids is 1. The highest BCUT2D eigenvalue weighted by Gasteiger charge is 2.15. The number of nitrogens with one attached hydrogen (secondary N) is 1. The van der Waals surface area contributed by atoms with Gasteiger partial charge in [0.2, 0.25) is 5.91 Å². The lowest BCUT2D eigenvalue weighted by Gasteiger charge is -2.07. The third-order valence-electron chi connectivity index (χ3n) is 2.73. The molecule has 1 N–H and O–H groups in total. The summed E-state index contributed by atoms with van der Waals surface area (Å²) in [6, 6.07) is 12.7. The Morgan fingerprint density at radius 3 is 2.33 bits per heavy atom. The predicted molar refractivity (Wildman–Crippen MR) is 82.7 cm³/mol. The molecule has 2 rings (SSSR count). The molecule has 108 valence electrons. The van der Waals surface area contributed by atoms with Crippen LogP contribution in [0, 0.1) is 17.0 Å². The summed E-state index contributed by atoms with van der Waals surface area (Å²) in [5.41, 5.74) is 1.27. The molecule has 21 heavy (non-hydrogen) atoms. The van der Waals surface area contributed by atoms with E-state index in [2.05, 4.69) is 5.32 Å². The maximum Gasteiger partial charge on any atom is 0.292 e. The van der Waals surface area contributed by atoms with Crippen molar-refractivity contribution in [2.75, 3.05) is 5.32 Å². The van der Waals surface area contributed by atoms with Gasteiger partial charge in [0.1, 0.15) is 5.69 Å². The number of rotatable bonds is 4. The van der Waals surface area contributed by atoms with Crippen LogP contribution in [0.25, 0.3) is 0 Å². The van der Waals surface area contributed by atoms with Crippen molar-refractivity contribution in [1.29, 1.82) is 0 Å². The molecule has 0 aliphatic heterocycles. The minimum Gasteiger partial charge on any atom is -0.321 e. The Labute approximate surface area is 126 Å². The van der Waals surface area contributed by atoms with Gasteiger partial charge in [-0.25, -0.2) is 0 Å². The minimum absolute atomic E-state index is 0.113. The van der Waals surface area contributed by atoms with Crippen molar-refractivity contribution in [1.82, 2.24) is 0 Å². The number of nitrogens with zero attached hydrogens (tertiary/aromatic N) is 1. The van der Waals surface area contributed by atoms with Crippen molar-refractivity contribution < 1.29 is 9.72 Å². The first-order valence-electron chi connectivity index (χ1n) is 6.26. The average molecular weight is 302 g/mol. The lowest BCUT2D eigenvalue weighted by molar-refractivity contribution is -0.384. The zero-order valence-corrected chi connectivity index (χ0v) is 12.4. The molecule has 0 aliphatic carbocycles. The number of anilines is 1. The molecule has 5 nitrogen and oxygen atoms in total. The van der Waals surface area contributed by atoms with Crippen molar-refractivity contribution in [3.8, 4) is 0 Å². The summed E-state index contributed by atoms with van der Waals surface area (Å²) in [6.07, 6.45) is 0. The Kier molecular flexibility index (Phi) is 4.59. The third-order valence-corrected chi connectivity index (χ3v) is 3.73. The normalized spacial score (nSPS) is 10.2. The smallest absolute Gasteiger partial charge is 0.292 e. The maximum atomic E-state index is 11.2. The average Bonchev–Trinajstić information content (AvgIpc) is 2.40. The lowest BCUT2D eigenvalue weighted by atomic mass is 10.2. The molecule has 0 fully saturated rings. The number of nitro benzene ring substituents is 1. The van der Waals surface area contributed by atoms with Crippen LogP contribution >= 0.6 is 11.8 Å². The Hall–Kier alpha value is -2.34. The summed E-state index contributed by atoms with van der Waals surface area (Å²) >= 11 is 1.48. The van der Waals surface area contributed by atoms with Gasteiger partial charge < -0.3 is 5.32 Å². The third kappa shape index (κ3) is 4.06. The van der Waals surface area contributed by atoms with Gasteiger partial charge >= 0.3 is 0 Å². The molecular weight excluding hydrogens is 288 g/mol. The van der Waals surface area contributed by atoms with E-state index >= 15 is 0 Å². The van der Waals surface area contributed by atoms with Crippen molar-refractivity contribution in [3.63, 3.8) is 0 Å². The molecule has 0 heterocycles. The fourth-order valence-electron chi connectivity index (χ4n) is 1.77. The van der Waals surface area contributed by atoms with Crippen molar-refractivity contribution in [2.45, 2.75) is 23.6 Å². The van der Waals surface area contributed by atoms with Gasteiger partial charge in [-0.1, -0.05) is 29.5 Å². The second kappa shape index (κ2) is 6.41. The zero-order chi connectivity index (χ0) is 15.4. The van der Waals surface area contributed by atoms with Crippen LogP contribution < -0.4 is 5.32 Å². The van der Waals surface area contributed by atoms with E-state index in [0.717, 1.165) is 9.79 Å². The second-order valence-electron chi connectivity index (χ2n) is 4.53. The fraction of sp³-hybridized carbons (Fsp3) is 0.133. The Bertz CT molecular complexity index is 684. The molecule has 0 radical (unpaired) electrons. The van der Waals surface area contributed by atoms with Crippen LogP contribution in [0.1, 0.15) is 12.5 Å². The molecule has 2 aromatic rings. The van der Waals surface area contributed by atoms with E-state index in [9.17, 15) is 14.9 Å². The van der Waals surface area contributed by atoms with Gasteiger partial charge in [-0.05, 0) is 31.2 Å². The van der Waals surface area contributed by atoms with Gasteiger partial charge in [-0.15, -0.1) is 0 Å². The van der Waals surface area contributed by atoms with Crippen molar-refractivity contribution in [3.05, 3.63) is 58.1 Å². The molecule has 2 aromatic carbocycles. The number of benzene rings is 2. The van der Waals surface area contributed by atoms with E-state index in [1.807, 2.05) is 31.2 Å². The summed E-state index contributed by atoms with van der Waals surface area (Å²) in [6.45, 7) is 3.33. The number of aryl methyl sites for hydroxylation is 1. The van der Waals surface area contributed by atoms with Crippen molar-refractivity contribution >= 4 is 29.0 Å². The lowest BCUT2D eigenvalue weighted by Crippen LogP contribution is -2.08. The summed E-state index contributed by atoms with van der Waals surface area (Å²) < 4.78 is 0. The Morgan fingerprint density at radius 2 is 1.76 bits per heavy atom. The van der Waals surface area contributed by atoms with Crippen LogP contribution in [-0.2, 0) is 4.79 Å². The summed E-state index contributed by atoms with van der Waals surface area (Å²) in [4.78, 5) is 23.5. The van der Waals surface area contributed by atoms with E-state index < -0.39 is 4.92 Å². The molecule has 0 spiro atoms. The van der Waals surface area contributed by atoms with Crippen LogP contribution in [0.4, 0.5) is 11.4 Å². The molecule has 0 bridgehead atoms. The van der Waals surface area contributed by atoms with Gasteiger partial charge in [0, 0.05) is 22.8 Å². The Balaban J connectivity index is 2.30. The molecule has 0 saturated carbocycles. The number of hydrogen-bond acceptors (Lipinski definition) is 4. The molecule has 0 saturated heterocycles. The molecule has 1 amide bonds. The van der Waals surface area contributed by atoms with E-state index in [1.54, 1.807) is 12.1 Å². The van der Waals surface area contributed by atoms with Gasteiger partial charge in [-0.2, -0.15) is 0 Å². The topological polar surface area (TPSA) is 72.2 Å². The molecular formula is C15H14N2O3S. The highest BCUT2D eigenvalue weighted by atomic mass is 32.2. The van der Waals surface area contributed by atoms with Gasteiger partial charge in [0.25, 0.3) is 5.69 Å². The number of nitro groups is 1. The van der Waals surface area contributed by atoms with Crippen LogP contribution in [0.5, 0.6) is 0 Å². The van der Waals surface area contributed by atoms with Gasteiger partial charge in [-0.3, -0.25) is 14.9 Å². The minimum atomic E-state index is -0.508. The van der Waals surface area contributed by atoms with Crippen molar-refractivity contribution in [2.24, 2.45) is 0 Å². The van der Waals surface area contributed by atoms with Crippen LogP contribution in [0.2, 0.25) is 0 Å². The monoisotopic (exact) mass is 302 g/mol. The first kappa shape index (κ1) is 15.1. The molecule has 0 unspecified atom stereocenters. The maximum absolute atomic E-state index is 11.2. The Morgan fingerprint density at radius 1 is 1.14 bits per heavy atom. The van der Waals surface area contributed by atoms with E-state index in [-0.39, 0.29) is 17.3 Å². The molecule has 0 aliphatic rings. The van der Waals surface area contributed by atoms with Crippen LogP contribution in [0.3, 0.4) is 0 Å². The van der Waals surface area contributed by atoms with Gasteiger partial charge in [0.15, 0.2) is 0 Å². The molecule has 6 heteroatoms.